The third-order valence-electron chi connectivity index (χ3n) is 9.27. The van der Waals surface area contributed by atoms with Gasteiger partial charge < -0.3 is 19.8 Å². The van der Waals surface area contributed by atoms with Crippen molar-refractivity contribution in [2.24, 2.45) is 0 Å². The van der Waals surface area contributed by atoms with Crippen LogP contribution in [0.25, 0.3) is 11.3 Å². The maximum absolute atomic E-state index is 10.1. The first kappa shape index (κ1) is 37.9. The van der Waals surface area contributed by atoms with Crippen LogP contribution >= 0.6 is 0 Å². The molecule has 0 fully saturated rings. The van der Waals surface area contributed by atoms with Crippen molar-refractivity contribution >= 4 is 43.9 Å². The Kier molecular flexibility index (Phi) is 10.9. The summed E-state index contributed by atoms with van der Waals surface area (Å²) in [6.07, 6.45) is 5.74. The van der Waals surface area contributed by atoms with Crippen LogP contribution in [0.5, 0.6) is 0 Å². The minimum absolute atomic E-state index is 0. The molecule has 10 heteroatoms. The second kappa shape index (κ2) is 14.7. The molecule has 1 N–H and O–H groups in total. The van der Waals surface area contributed by atoms with Crippen LogP contribution in [0.4, 0.5) is 11.4 Å². The van der Waals surface area contributed by atoms with Crippen LogP contribution in [0.3, 0.4) is 0 Å². The molecule has 2 aromatic heterocycles. The normalized spacial score (nSPS) is 16.4. The van der Waals surface area contributed by atoms with Crippen LogP contribution < -0.4 is 15.3 Å². The Morgan fingerprint density at radius 1 is 0.824 bits per heavy atom. The summed E-state index contributed by atoms with van der Waals surface area (Å²) >= 11 is 0. The molecule has 0 bridgehead atoms. The summed E-state index contributed by atoms with van der Waals surface area (Å²) < 4.78 is 0. The van der Waals surface area contributed by atoms with Crippen molar-refractivity contribution in [1.82, 2.24) is 19.8 Å². The third-order valence-corrected chi connectivity index (χ3v) is 13.3. The van der Waals surface area contributed by atoms with E-state index in [0.717, 1.165) is 22.5 Å². The zero-order valence-corrected chi connectivity index (χ0v) is 34.8. The molecule has 0 saturated heterocycles. The summed E-state index contributed by atoms with van der Waals surface area (Å²) in [7, 11) is 1.14. The van der Waals surface area contributed by atoms with Crippen LogP contribution in [-0.4, -0.2) is 61.1 Å². The Morgan fingerprint density at radius 2 is 1.55 bits per heavy atom. The molecular formula is C41H44IrN5O2Si2. The Balaban J connectivity index is 0.000000441. The predicted molar refractivity (Wildman–Crippen MR) is 208 cm³/mol. The Morgan fingerprint density at radius 3 is 2.14 bits per heavy atom. The van der Waals surface area contributed by atoms with Crippen molar-refractivity contribution < 1.29 is 30.0 Å². The largest absolute Gasteiger partial charge is 3.00 e. The number of carboxylic acids is 1. The van der Waals surface area contributed by atoms with Gasteiger partial charge in [0.05, 0.1) is 19.3 Å². The van der Waals surface area contributed by atoms with Gasteiger partial charge in [0.25, 0.3) is 0 Å². The fraction of sp³-hybridized carbons (Fsp3) is 0.220. The number of rotatable bonds is 6. The van der Waals surface area contributed by atoms with Gasteiger partial charge in [0.1, 0.15) is 5.69 Å². The van der Waals surface area contributed by atoms with Crippen LogP contribution in [0.2, 0.25) is 39.3 Å². The quantitative estimate of drug-likeness (QED) is 0.141. The van der Waals surface area contributed by atoms with E-state index in [0.29, 0.717) is 0 Å². The number of aromatic nitrogens is 2. The van der Waals surface area contributed by atoms with E-state index >= 15 is 0 Å². The summed E-state index contributed by atoms with van der Waals surface area (Å²) in [5, 5.41) is 11.2. The summed E-state index contributed by atoms with van der Waals surface area (Å²) in [5.74, 6) is -0.990. The first-order chi connectivity index (χ1) is 23.7. The molecular weight excluding hydrogens is 843 g/mol. The molecule has 1 atom stereocenters. The zero-order valence-electron chi connectivity index (χ0n) is 30.4. The molecule has 5 aromatic rings. The second-order valence-corrected chi connectivity index (χ2v) is 25.0. The number of carbonyl (C=O) groups is 1. The number of nitrogens with zero attached hydrogens (tertiary/aromatic N) is 5. The van der Waals surface area contributed by atoms with E-state index in [1.807, 2.05) is 18.2 Å². The van der Waals surface area contributed by atoms with E-state index in [1.165, 1.54) is 39.6 Å². The number of carboxylic acid groups (broad SMARTS) is 1. The fourth-order valence-electron chi connectivity index (χ4n) is 6.46. The third kappa shape index (κ3) is 7.37. The summed E-state index contributed by atoms with van der Waals surface area (Å²) in [6.45, 7) is 16.7. The molecule has 2 aliphatic rings. The molecule has 3 aromatic carbocycles. The van der Waals surface area contributed by atoms with E-state index in [-0.39, 0.29) is 25.8 Å². The minimum Gasteiger partial charge on any atom is -0.511 e. The molecule has 51 heavy (non-hydrogen) atoms. The van der Waals surface area contributed by atoms with E-state index in [1.54, 1.807) is 12.1 Å². The number of hydrogen-bond donors (Lipinski definition) is 1. The maximum Gasteiger partial charge on any atom is 3.00 e. The molecule has 0 radical (unpaired) electrons. The number of benzene rings is 3. The van der Waals surface area contributed by atoms with Crippen LogP contribution in [0.1, 0.15) is 27.3 Å². The van der Waals surface area contributed by atoms with Crippen molar-refractivity contribution in [2.45, 2.75) is 44.8 Å². The van der Waals surface area contributed by atoms with Gasteiger partial charge in [-0.15, -0.1) is 47.5 Å². The average molecular weight is 887 g/mol. The zero-order chi connectivity index (χ0) is 35.8. The Labute approximate surface area is 318 Å². The molecule has 0 aliphatic carbocycles. The van der Waals surface area contributed by atoms with Crippen LogP contribution in [-0.2, 0) is 25.6 Å². The van der Waals surface area contributed by atoms with Crippen molar-refractivity contribution in [3.05, 3.63) is 151 Å². The van der Waals surface area contributed by atoms with Gasteiger partial charge in [-0.05, 0) is 56.5 Å². The standard InChI is InChI=1S/C35H39N4Si2.C6H5NO2.Ir/c1-37-21-22-39(25-37)35(34-16-12-15-31(36-34)26-13-10-9-11-14-26)29-19-17-27(40(3,4)5)23-32(29)38(2)33-24-28(41(6,7)8)18-20-30(33)35;8-6(9)5-3-1-2-4-7-5;/h9-13,15-19,21-25H,1-8H3;1-4H,(H,8,9);/q-3;;+3/t35-;;/m1../s1. The smallest absolute Gasteiger partial charge is 0.511 e. The Bertz CT molecular complexity index is 1980. The molecule has 7 nitrogen and oxygen atoms in total. The van der Waals surface area contributed by atoms with Crippen molar-refractivity contribution in [1.29, 1.82) is 0 Å². The van der Waals surface area contributed by atoms with Crippen molar-refractivity contribution in [3.8, 4) is 11.3 Å². The van der Waals surface area contributed by atoms with Crippen LogP contribution in [0.15, 0.2) is 110 Å². The van der Waals surface area contributed by atoms with Gasteiger partial charge >= 0.3 is 26.1 Å². The molecule has 7 rings (SSSR count). The Hall–Kier alpha value is -4.35. The van der Waals surface area contributed by atoms with Gasteiger partial charge in [0.2, 0.25) is 0 Å². The van der Waals surface area contributed by atoms with Gasteiger partial charge in [-0.1, -0.05) is 80.5 Å². The van der Waals surface area contributed by atoms with E-state index in [2.05, 4.69) is 159 Å². The number of hydrogen-bond acceptors (Lipinski definition) is 6. The SMILES string of the molecule is CN1C=CN([C@@]2(c3cccc(-c4[c-]cccc4)n3)c3[c-]cc([Si](C)(C)C)cc3N(C)c3cc([Si](C)(C)C)ccc32)[CH-]1.O=C(O)c1ccccn1.[Ir+3]. The van der Waals surface area contributed by atoms with Crippen molar-refractivity contribution in [2.75, 3.05) is 19.0 Å². The number of fused-ring (bicyclic) bond motifs is 2. The molecule has 0 spiro atoms. The van der Waals surface area contributed by atoms with Crippen LogP contribution in [0, 0.1) is 18.8 Å². The summed E-state index contributed by atoms with van der Waals surface area (Å²) in [4.78, 5) is 26.0. The second-order valence-electron chi connectivity index (χ2n) is 14.8. The molecule has 0 amide bonds. The van der Waals surface area contributed by atoms with E-state index in [9.17, 15) is 4.79 Å². The van der Waals surface area contributed by atoms with Gasteiger partial charge in [-0.3, -0.25) is 4.98 Å². The van der Waals surface area contributed by atoms with Gasteiger partial charge in [0.15, 0.2) is 0 Å². The molecule has 262 valence electrons. The number of pyridine rings is 2. The summed E-state index contributed by atoms with van der Waals surface area (Å²) in [6, 6.07) is 38.3. The van der Waals surface area contributed by atoms with Gasteiger partial charge in [-0.25, -0.2) is 9.78 Å². The van der Waals surface area contributed by atoms with Gasteiger partial charge in [-0.2, -0.15) is 24.0 Å². The predicted octanol–water partition coefficient (Wildman–Crippen LogP) is 7.43. The number of aromatic carboxylic acids is 1. The minimum atomic E-state index is -1.59. The number of anilines is 2. The van der Waals surface area contributed by atoms with E-state index in [4.69, 9.17) is 10.1 Å². The molecule has 0 saturated carbocycles. The molecule has 0 unspecified atom stereocenters. The molecule has 2 aliphatic heterocycles. The molecule has 4 heterocycles. The fourth-order valence-corrected chi connectivity index (χ4v) is 8.69. The van der Waals surface area contributed by atoms with Crippen molar-refractivity contribution in [3.63, 3.8) is 0 Å². The average Bonchev–Trinajstić information content (AvgIpc) is 3.55. The maximum atomic E-state index is 10.1. The summed E-state index contributed by atoms with van der Waals surface area (Å²) in [5.41, 5.74) is 7.00. The van der Waals surface area contributed by atoms with Gasteiger partial charge in [0, 0.05) is 25.5 Å². The first-order valence-electron chi connectivity index (χ1n) is 16.8. The first-order valence-corrected chi connectivity index (χ1v) is 23.8. The monoisotopic (exact) mass is 887 g/mol. The topological polar surface area (TPSA) is 72.8 Å². The van der Waals surface area contributed by atoms with E-state index < -0.39 is 27.7 Å².